The van der Waals surface area contributed by atoms with Crippen LogP contribution in [0.25, 0.3) is 0 Å². The molecule has 4 amide bonds. The van der Waals surface area contributed by atoms with Gasteiger partial charge in [-0.3, -0.25) is 9.59 Å². The van der Waals surface area contributed by atoms with E-state index in [2.05, 4.69) is 5.92 Å². The molecular formula is C25H27N4O5+. The maximum absolute atomic E-state index is 13.3. The summed E-state index contributed by atoms with van der Waals surface area (Å²) in [6.45, 7) is 0.989. The average molecular weight is 464 g/mol. The Hall–Kier alpha value is -3.71. The number of carbonyl (C=O) groups excluding carboxylic acids is 3. The van der Waals surface area contributed by atoms with Crippen LogP contribution in [0.4, 0.5) is 16.2 Å². The molecule has 2 aliphatic rings. The zero-order valence-corrected chi connectivity index (χ0v) is 18.9. The molecule has 0 aliphatic carbocycles. The SMILES string of the molecule is C#Cc1ccc([N+]2(C(N)=O)C[C@H](OC)C[C@]2(C(N)=O)c2ccc(N3CCOCC3=O)cc2)cc1. The van der Waals surface area contributed by atoms with Gasteiger partial charge in [-0.2, -0.15) is 4.48 Å². The summed E-state index contributed by atoms with van der Waals surface area (Å²) in [6, 6.07) is 12.9. The highest BCUT2D eigenvalue weighted by atomic mass is 16.5. The number of hydrogen-bond acceptors (Lipinski definition) is 5. The van der Waals surface area contributed by atoms with Gasteiger partial charge in [-0.1, -0.05) is 18.1 Å². The van der Waals surface area contributed by atoms with E-state index >= 15 is 0 Å². The van der Waals surface area contributed by atoms with Crippen LogP contribution in [0, 0.1) is 12.3 Å². The third-order valence-corrected chi connectivity index (χ3v) is 6.89. The number of nitrogens with two attached hydrogens (primary N) is 2. The van der Waals surface area contributed by atoms with Gasteiger partial charge in [0.15, 0.2) is 0 Å². The van der Waals surface area contributed by atoms with E-state index in [0.29, 0.717) is 35.7 Å². The van der Waals surface area contributed by atoms with E-state index in [1.54, 1.807) is 53.4 Å². The second-order valence-corrected chi connectivity index (χ2v) is 8.45. The summed E-state index contributed by atoms with van der Waals surface area (Å²) in [5.74, 6) is 1.68. The summed E-state index contributed by atoms with van der Waals surface area (Å²) in [5.41, 5.74) is 12.8. The van der Waals surface area contributed by atoms with Gasteiger partial charge in [-0.25, -0.2) is 4.79 Å². The molecule has 9 nitrogen and oxygen atoms in total. The molecule has 3 atom stereocenters. The van der Waals surface area contributed by atoms with Crippen molar-refractivity contribution in [2.75, 3.05) is 38.3 Å². The van der Waals surface area contributed by atoms with E-state index in [1.807, 2.05) is 0 Å². The zero-order valence-electron chi connectivity index (χ0n) is 18.9. The van der Waals surface area contributed by atoms with Gasteiger partial charge in [0, 0.05) is 49.0 Å². The summed E-state index contributed by atoms with van der Waals surface area (Å²) < 4.78 is 10.3. The number of hydrogen-bond donors (Lipinski definition) is 2. The van der Waals surface area contributed by atoms with Crippen molar-refractivity contribution in [2.45, 2.75) is 18.1 Å². The molecule has 0 aromatic heterocycles. The number of urea groups is 1. The minimum atomic E-state index is -1.53. The highest BCUT2D eigenvalue weighted by Gasteiger charge is 2.68. The van der Waals surface area contributed by atoms with E-state index in [9.17, 15) is 14.4 Å². The molecule has 9 heteroatoms. The van der Waals surface area contributed by atoms with Crippen LogP contribution in [0.2, 0.25) is 0 Å². The third-order valence-electron chi connectivity index (χ3n) is 6.89. The number of quaternary nitrogens is 1. The number of ether oxygens (including phenoxy) is 2. The third kappa shape index (κ3) is 3.44. The Kier molecular flexibility index (Phi) is 6.15. The Morgan fingerprint density at radius 2 is 1.85 bits per heavy atom. The van der Waals surface area contributed by atoms with Crippen LogP contribution < -0.4 is 20.9 Å². The molecular weight excluding hydrogens is 436 g/mol. The number of primary amides is 2. The number of morpholine rings is 1. The number of likely N-dealkylation sites (tertiary alicyclic amines) is 1. The number of nitrogens with zero attached hydrogens (tertiary/aromatic N) is 2. The topological polar surface area (TPSA) is 125 Å². The van der Waals surface area contributed by atoms with Crippen molar-refractivity contribution in [3.63, 3.8) is 0 Å². The van der Waals surface area contributed by atoms with Crippen LogP contribution in [0.5, 0.6) is 0 Å². The minimum Gasteiger partial charge on any atom is -0.375 e. The predicted octanol–water partition coefficient (Wildman–Crippen LogP) is 1.22. The van der Waals surface area contributed by atoms with E-state index in [1.165, 1.54) is 7.11 Å². The van der Waals surface area contributed by atoms with Crippen LogP contribution >= 0.6 is 0 Å². The molecule has 2 aliphatic heterocycles. The maximum atomic E-state index is 13.3. The summed E-state index contributed by atoms with van der Waals surface area (Å²) in [4.78, 5) is 40.4. The van der Waals surface area contributed by atoms with E-state index in [-0.39, 0.29) is 25.5 Å². The lowest BCUT2D eigenvalue weighted by Gasteiger charge is -2.42. The first-order valence-corrected chi connectivity index (χ1v) is 10.9. The molecule has 2 aromatic carbocycles. The molecule has 4 N–H and O–H groups in total. The van der Waals surface area contributed by atoms with Crippen molar-refractivity contribution < 1.29 is 23.9 Å². The van der Waals surface area contributed by atoms with Gasteiger partial charge in [-0.15, -0.1) is 6.42 Å². The van der Waals surface area contributed by atoms with Crippen LogP contribution in [-0.2, 0) is 24.6 Å². The molecule has 0 saturated carbocycles. The molecule has 0 radical (unpaired) electrons. The molecule has 2 heterocycles. The van der Waals surface area contributed by atoms with E-state index in [4.69, 9.17) is 27.4 Å². The second kappa shape index (κ2) is 8.91. The number of terminal acetylenes is 1. The zero-order chi connectivity index (χ0) is 24.5. The Balaban J connectivity index is 1.89. The van der Waals surface area contributed by atoms with Gasteiger partial charge in [0.1, 0.15) is 24.9 Å². The normalized spacial score (nSPS) is 26.8. The van der Waals surface area contributed by atoms with Crippen molar-refractivity contribution in [1.82, 2.24) is 4.48 Å². The lowest BCUT2D eigenvalue weighted by atomic mass is 9.83. The number of rotatable bonds is 5. The standard InChI is InChI=1S/C25H26N4O5/c1-3-17-4-10-20(11-5-17)29(24(27)32)15-21(33-2)14-25(29,23(26)31)18-6-8-19(9-7-18)28-12-13-34-16-22(28)30/h1,4-11,21H,12-16H2,2H3,(H3-,26,27,31,32)/p+1/t21-,25-,29?/m1/s1. The molecule has 2 aromatic rings. The monoisotopic (exact) mass is 463 g/mol. The number of carbonyl (C=O) groups is 3. The number of benzene rings is 2. The van der Waals surface area contributed by atoms with Crippen molar-refractivity contribution in [3.8, 4) is 12.3 Å². The first kappa shape index (κ1) is 23.4. The average Bonchev–Trinajstić information content (AvgIpc) is 3.22. The van der Waals surface area contributed by atoms with Crippen LogP contribution in [-0.4, -0.2) is 57.4 Å². The highest BCUT2D eigenvalue weighted by molar-refractivity contribution is 6.00. The molecule has 4 rings (SSSR count). The van der Waals surface area contributed by atoms with Gasteiger partial charge in [0.25, 0.3) is 11.8 Å². The summed E-state index contributed by atoms with van der Waals surface area (Å²) >= 11 is 0. The number of anilines is 1. The van der Waals surface area contributed by atoms with Gasteiger partial charge >= 0.3 is 6.03 Å². The molecule has 176 valence electrons. The molecule has 0 spiro atoms. The molecule has 0 bridgehead atoms. The van der Waals surface area contributed by atoms with Gasteiger partial charge in [-0.05, 0) is 24.3 Å². The lowest BCUT2D eigenvalue weighted by Crippen LogP contribution is -2.70. The molecule has 1 unspecified atom stereocenters. The van der Waals surface area contributed by atoms with Gasteiger partial charge in [0.05, 0.1) is 6.61 Å². The van der Waals surface area contributed by atoms with Crippen molar-refractivity contribution >= 4 is 29.2 Å². The Morgan fingerprint density at radius 3 is 2.38 bits per heavy atom. The highest BCUT2D eigenvalue weighted by Crippen LogP contribution is 2.49. The minimum absolute atomic E-state index is 0.0117. The molecule has 34 heavy (non-hydrogen) atoms. The fraction of sp³-hybridized carbons (Fsp3) is 0.320. The second-order valence-electron chi connectivity index (χ2n) is 8.45. The Bertz CT molecular complexity index is 1160. The van der Waals surface area contributed by atoms with Crippen LogP contribution in [0.1, 0.15) is 17.5 Å². The van der Waals surface area contributed by atoms with Crippen molar-refractivity contribution in [3.05, 3.63) is 59.7 Å². The maximum Gasteiger partial charge on any atom is 0.420 e. The summed E-state index contributed by atoms with van der Waals surface area (Å²) in [6.07, 6.45) is 5.17. The Labute approximate surface area is 197 Å². The van der Waals surface area contributed by atoms with E-state index < -0.39 is 28.1 Å². The fourth-order valence-corrected chi connectivity index (χ4v) is 5.19. The number of amides is 4. The van der Waals surface area contributed by atoms with Gasteiger partial charge in [0.2, 0.25) is 5.54 Å². The lowest BCUT2D eigenvalue weighted by molar-refractivity contribution is -0.127. The largest absolute Gasteiger partial charge is 0.420 e. The molecule has 2 fully saturated rings. The smallest absolute Gasteiger partial charge is 0.375 e. The molecule has 2 saturated heterocycles. The Morgan fingerprint density at radius 1 is 1.18 bits per heavy atom. The van der Waals surface area contributed by atoms with Crippen molar-refractivity contribution in [1.29, 1.82) is 0 Å². The van der Waals surface area contributed by atoms with Crippen LogP contribution in [0.3, 0.4) is 0 Å². The summed E-state index contributed by atoms with van der Waals surface area (Å²) in [5, 5.41) is 0. The van der Waals surface area contributed by atoms with E-state index in [0.717, 1.165) is 0 Å². The first-order valence-electron chi connectivity index (χ1n) is 10.9. The quantitative estimate of drug-likeness (QED) is 0.510. The first-order chi connectivity index (χ1) is 16.3. The summed E-state index contributed by atoms with van der Waals surface area (Å²) in [7, 11) is 1.52. The number of methoxy groups -OCH3 is 1. The fourth-order valence-electron chi connectivity index (χ4n) is 5.19. The van der Waals surface area contributed by atoms with Crippen molar-refractivity contribution in [2.24, 2.45) is 11.5 Å². The van der Waals surface area contributed by atoms with Crippen LogP contribution in [0.15, 0.2) is 48.5 Å². The predicted molar refractivity (Wildman–Crippen MR) is 127 cm³/mol. The van der Waals surface area contributed by atoms with Gasteiger partial charge < -0.3 is 25.8 Å².